The number of esters is 1. The first-order chi connectivity index (χ1) is 10.1. The lowest BCUT2D eigenvalue weighted by Gasteiger charge is -2.27. The smallest absolute Gasteiger partial charge is 0.330 e. The van der Waals surface area contributed by atoms with Crippen molar-refractivity contribution in [2.75, 3.05) is 13.2 Å². The summed E-state index contributed by atoms with van der Waals surface area (Å²) in [7, 11) is 0. The molecule has 1 rings (SSSR count). The lowest BCUT2D eigenvalue weighted by atomic mass is 9.85. The zero-order valence-electron chi connectivity index (χ0n) is 13.1. The van der Waals surface area contributed by atoms with E-state index in [4.69, 9.17) is 9.47 Å². The fraction of sp³-hybridized carbons (Fsp3) is 0.765. The number of ketones is 1. The SMILES string of the molecule is C=CC(=O)OCCCCCCOC1CCC(C(C)=O)CC1. The summed E-state index contributed by atoms with van der Waals surface area (Å²) in [6.07, 6.45) is 9.60. The van der Waals surface area contributed by atoms with E-state index < -0.39 is 0 Å². The van der Waals surface area contributed by atoms with Gasteiger partial charge in [0.25, 0.3) is 0 Å². The first kappa shape index (κ1) is 17.9. The Morgan fingerprint density at radius 3 is 2.24 bits per heavy atom. The molecule has 120 valence electrons. The van der Waals surface area contributed by atoms with E-state index in [9.17, 15) is 9.59 Å². The molecule has 0 bridgehead atoms. The predicted molar refractivity (Wildman–Crippen MR) is 82.0 cm³/mol. The van der Waals surface area contributed by atoms with Gasteiger partial charge in [0, 0.05) is 18.6 Å². The molecule has 0 atom stereocenters. The number of Topliss-reactive ketones (excluding diaryl/α,β-unsaturated/α-hetero) is 1. The summed E-state index contributed by atoms with van der Waals surface area (Å²) in [6.45, 7) is 6.31. The van der Waals surface area contributed by atoms with Gasteiger partial charge in [-0.25, -0.2) is 4.79 Å². The van der Waals surface area contributed by atoms with Gasteiger partial charge in [-0.05, 0) is 51.9 Å². The molecule has 1 aliphatic rings. The van der Waals surface area contributed by atoms with Gasteiger partial charge in [-0.3, -0.25) is 4.79 Å². The molecule has 0 saturated heterocycles. The number of hydrogen-bond acceptors (Lipinski definition) is 4. The molecule has 4 nitrogen and oxygen atoms in total. The third kappa shape index (κ3) is 8.00. The van der Waals surface area contributed by atoms with Gasteiger partial charge < -0.3 is 9.47 Å². The number of carbonyl (C=O) groups is 2. The Bertz CT molecular complexity index is 330. The Morgan fingerprint density at radius 2 is 1.67 bits per heavy atom. The summed E-state index contributed by atoms with van der Waals surface area (Å²) < 4.78 is 10.8. The minimum absolute atomic E-state index is 0.267. The van der Waals surface area contributed by atoms with Gasteiger partial charge in [-0.2, -0.15) is 0 Å². The van der Waals surface area contributed by atoms with Crippen LogP contribution >= 0.6 is 0 Å². The largest absolute Gasteiger partial charge is 0.463 e. The maximum Gasteiger partial charge on any atom is 0.330 e. The van der Waals surface area contributed by atoms with Crippen molar-refractivity contribution in [3.05, 3.63) is 12.7 Å². The molecule has 1 fully saturated rings. The number of rotatable bonds is 10. The second-order valence-electron chi connectivity index (χ2n) is 5.74. The Morgan fingerprint density at radius 1 is 1.05 bits per heavy atom. The highest BCUT2D eigenvalue weighted by molar-refractivity contribution is 5.81. The third-order valence-electron chi connectivity index (χ3n) is 4.05. The number of ether oxygens (including phenoxy) is 2. The fourth-order valence-corrected chi connectivity index (χ4v) is 2.68. The van der Waals surface area contributed by atoms with E-state index >= 15 is 0 Å². The molecule has 0 unspecified atom stereocenters. The molecule has 4 heteroatoms. The number of hydrogen-bond donors (Lipinski definition) is 0. The van der Waals surface area contributed by atoms with Crippen LogP contribution in [0.4, 0.5) is 0 Å². The molecule has 1 saturated carbocycles. The Labute approximate surface area is 127 Å². The van der Waals surface area contributed by atoms with E-state index in [1.165, 1.54) is 6.08 Å². The monoisotopic (exact) mass is 296 g/mol. The van der Waals surface area contributed by atoms with Crippen LogP contribution in [0.25, 0.3) is 0 Å². The van der Waals surface area contributed by atoms with E-state index in [-0.39, 0.29) is 11.9 Å². The van der Waals surface area contributed by atoms with Crippen molar-refractivity contribution in [3.63, 3.8) is 0 Å². The van der Waals surface area contributed by atoms with Crippen molar-refractivity contribution in [1.29, 1.82) is 0 Å². The maximum atomic E-state index is 11.3. The van der Waals surface area contributed by atoms with E-state index in [1.54, 1.807) is 6.92 Å². The van der Waals surface area contributed by atoms with Crippen molar-refractivity contribution in [1.82, 2.24) is 0 Å². The van der Waals surface area contributed by atoms with Crippen molar-refractivity contribution in [2.45, 2.75) is 64.4 Å². The topological polar surface area (TPSA) is 52.6 Å². The maximum absolute atomic E-state index is 11.3. The summed E-state index contributed by atoms with van der Waals surface area (Å²) in [5, 5.41) is 0. The van der Waals surface area contributed by atoms with Crippen molar-refractivity contribution in [2.24, 2.45) is 5.92 Å². The van der Waals surface area contributed by atoms with Crippen molar-refractivity contribution >= 4 is 11.8 Å². The standard InChI is InChI=1S/C17H28O4/c1-3-17(19)21-13-7-5-4-6-12-20-16-10-8-15(9-11-16)14(2)18/h3,15-16H,1,4-13H2,2H3. The Balaban J connectivity index is 1.90. The average molecular weight is 296 g/mol. The molecule has 0 radical (unpaired) electrons. The minimum atomic E-state index is -0.348. The summed E-state index contributed by atoms with van der Waals surface area (Å²) >= 11 is 0. The lowest BCUT2D eigenvalue weighted by Crippen LogP contribution is -2.25. The van der Waals surface area contributed by atoms with Crippen LogP contribution in [0.2, 0.25) is 0 Å². The van der Waals surface area contributed by atoms with Crippen molar-refractivity contribution < 1.29 is 19.1 Å². The van der Waals surface area contributed by atoms with Crippen LogP contribution in [0, 0.1) is 5.92 Å². The van der Waals surface area contributed by atoms with Gasteiger partial charge in [0.15, 0.2) is 0 Å². The van der Waals surface area contributed by atoms with Crippen LogP contribution in [-0.2, 0) is 19.1 Å². The van der Waals surface area contributed by atoms with Gasteiger partial charge in [0.1, 0.15) is 5.78 Å². The predicted octanol–water partition coefficient (Wildman–Crippen LogP) is 3.44. The van der Waals surface area contributed by atoms with Crippen LogP contribution in [-0.4, -0.2) is 31.1 Å². The van der Waals surface area contributed by atoms with E-state index in [1.807, 2.05) is 0 Å². The Kier molecular flexibility index (Phi) is 8.99. The third-order valence-corrected chi connectivity index (χ3v) is 4.05. The van der Waals surface area contributed by atoms with Crippen LogP contribution in [0.1, 0.15) is 58.3 Å². The quantitative estimate of drug-likeness (QED) is 0.352. The van der Waals surface area contributed by atoms with E-state index in [0.717, 1.165) is 58.0 Å². The van der Waals surface area contributed by atoms with Gasteiger partial charge in [0.05, 0.1) is 12.7 Å². The second-order valence-corrected chi connectivity index (χ2v) is 5.74. The summed E-state index contributed by atoms with van der Waals surface area (Å²) in [5.74, 6) is 0.244. The highest BCUT2D eigenvalue weighted by Gasteiger charge is 2.23. The van der Waals surface area contributed by atoms with Crippen LogP contribution < -0.4 is 0 Å². The van der Waals surface area contributed by atoms with E-state index in [2.05, 4.69) is 6.58 Å². The molecule has 0 N–H and O–H groups in total. The molecule has 0 aliphatic heterocycles. The zero-order chi connectivity index (χ0) is 15.5. The molecular weight excluding hydrogens is 268 g/mol. The average Bonchev–Trinajstić information content (AvgIpc) is 2.50. The van der Waals surface area contributed by atoms with Gasteiger partial charge >= 0.3 is 5.97 Å². The summed E-state index contributed by atoms with van der Waals surface area (Å²) in [4.78, 5) is 22.1. The zero-order valence-corrected chi connectivity index (χ0v) is 13.1. The minimum Gasteiger partial charge on any atom is -0.463 e. The van der Waals surface area contributed by atoms with Gasteiger partial charge in [0.2, 0.25) is 0 Å². The number of unbranched alkanes of at least 4 members (excludes halogenated alkanes) is 3. The first-order valence-electron chi connectivity index (χ1n) is 8.04. The van der Waals surface area contributed by atoms with Gasteiger partial charge in [-0.15, -0.1) is 0 Å². The highest BCUT2D eigenvalue weighted by atomic mass is 16.5. The van der Waals surface area contributed by atoms with Crippen molar-refractivity contribution in [3.8, 4) is 0 Å². The second kappa shape index (κ2) is 10.6. The molecule has 0 amide bonds. The summed E-state index contributed by atoms with van der Waals surface area (Å²) in [6, 6.07) is 0. The van der Waals surface area contributed by atoms with E-state index in [0.29, 0.717) is 18.5 Å². The number of carbonyl (C=O) groups excluding carboxylic acids is 2. The fourth-order valence-electron chi connectivity index (χ4n) is 2.68. The lowest BCUT2D eigenvalue weighted by molar-refractivity contribution is -0.137. The molecular formula is C17H28O4. The first-order valence-corrected chi connectivity index (χ1v) is 8.04. The molecule has 21 heavy (non-hydrogen) atoms. The van der Waals surface area contributed by atoms with Crippen LogP contribution in [0.5, 0.6) is 0 Å². The Hall–Kier alpha value is -1.16. The molecule has 1 aliphatic carbocycles. The molecule has 0 aromatic rings. The van der Waals surface area contributed by atoms with Crippen LogP contribution in [0.15, 0.2) is 12.7 Å². The summed E-state index contributed by atoms with van der Waals surface area (Å²) in [5.41, 5.74) is 0. The molecule has 0 heterocycles. The highest BCUT2D eigenvalue weighted by Crippen LogP contribution is 2.26. The molecule has 0 aromatic carbocycles. The van der Waals surface area contributed by atoms with Crippen LogP contribution in [0.3, 0.4) is 0 Å². The molecule has 0 aromatic heterocycles. The van der Waals surface area contributed by atoms with Gasteiger partial charge in [-0.1, -0.05) is 13.0 Å². The normalized spacial score (nSPS) is 21.8. The molecule has 0 spiro atoms.